The third-order valence-corrected chi connectivity index (χ3v) is 7.21. The summed E-state index contributed by atoms with van der Waals surface area (Å²) in [4.78, 5) is 37.5. The van der Waals surface area contributed by atoms with Crippen LogP contribution < -0.4 is 15.5 Å². The second-order valence-electron chi connectivity index (χ2n) is 9.72. The quantitative estimate of drug-likeness (QED) is 0.347. The maximum Gasteiger partial charge on any atom is 0.328 e. The van der Waals surface area contributed by atoms with Crippen molar-refractivity contribution in [2.45, 2.75) is 44.1 Å². The van der Waals surface area contributed by atoms with Gasteiger partial charge in [-0.1, -0.05) is 0 Å². The summed E-state index contributed by atoms with van der Waals surface area (Å²) >= 11 is 0. The van der Waals surface area contributed by atoms with Crippen LogP contribution >= 0.6 is 0 Å². The number of rotatable bonds is 8. The van der Waals surface area contributed by atoms with Crippen LogP contribution in [-0.4, -0.2) is 84.1 Å². The third-order valence-electron chi connectivity index (χ3n) is 7.21. The van der Waals surface area contributed by atoms with Crippen molar-refractivity contribution in [3.63, 3.8) is 0 Å². The minimum Gasteiger partial charge on any atom is -0.383 e. The number of pyridine rings is 2. The van der Waals surface area contributed by atoms with Gasteiger partial charge in [0.1, 0.15) is 35.2 Å². The number of aldehydes is 1. The molecule has 2 amide bonds. The Balaban J connectivity index is 1.34. The summed E-state index contributed by atoms with van der Waals surface area (Å²) in [5, 5.41) is 26.0. The van der Waals surface area contributed by atoms with E-state index in [1.807, 2.05) is 11.0 Å². The molecule has 0 bridgehead atoms. The van der Waals surface area contributed by atoms with E-state index >= 15 is 0 Å². The maximum atomic E-state index is 13.3. The van der Waals surface area contributed by atoms with E-state index in [0.717, 1.165) is 36.8 Å². The average Bonchev–Trinajstić information content (AvgIpc) is 3.71. The number of aliphatic hydroxyl groups is 1. The van der Waals surface area contributed by atoms with E-state index < -0.39 is 17.9 Å². The van der Waals surface area contributed by atoms with Gasteiger partial charge in [0.25, 0.3) is 0 Å². The molecule has 2 aromatic heterocycles. The summed E-state index contributed by atoms with van der Waals surface area (Å²) in [6.45, 7) is 2.85. The van der Waals surface area contributed by atoms with Gasteiger partial charge in [-0.3, -0.25) is 19.9 Å². The monoisotopic (exact) mass is 521 g/mol. The lowest BCUT2D eigenvalue weighted by Gasteiger charge is -2.38. The number of nitrogens with zero attached hydrogens (tertiary/aromatic N) is 5. The minimum absolute atomic E-state index is 0.244. The van der Waals surface area contributed by atoms with Gasteiger partial charge in [-0.05, 0) is 42.9 Å². The number of anilines is 3. The van der Waals surface area contributed by atoms with E-state index in [2.05, 4.69) is 26.7 Å². The van der Waals surface area contributed by atoms with Gasteiger partial charge in [-0.25, -0.2) is 14.8 Å². The summed E-state index contributed by atoms with van der Waals surface area (Å²) in [6.07, 6.45) is 4.48. The number of aryl methyl sites for hydroxylation is 1. The molecule has 12 nitrogen and oxygen atoms in total. The number of carbonyl (C=O) groups is 2. The predicted molar refractivity (Wildman–Crippen MR) is 138 cm³/mol. The number of nitrogens with one attached hydrogen (secondary N) is 2. The van der Waals surface area contributed by atoms with Crippen LogP contribution in [0.15, 0.2) is 18.3 Å². The molecule has 200 valence electrons. The van der Waals surface area contributed by atoms with E-state index in [9.17, 15) is 20.0 Å². The summed E-state index contributed by atoms with van der Waals surface area (Å²) in [5.41, 5.74) is 2.25. The smallest absolute Gasteiger partial charge is 0.328 e. The van der Waals surface area contributed by atoms with Crippen molar-refractivity contribution in [1.82, 2.24) is 14.9 Å². The van der Waals surface area contributed by atoms with E-state index in [1.165, 1.54) is 11.1 Å². The first-order valence-corrected chi connectivity index (χ1v) is 12.7. The molecule has 1 atom stereocenters. The van der Waals surface area contributed by atoms with Crippen molar-refractivity contribution < 1.29 is 24.2 Å². The normalized spacial score (nSPS) is 19.9. The number of hydrogen-bond donors (Lipinski definition) is 3. The zero-order valence-electron chi connectivity index (χ0n) is 21.3. The molecule has 2 fully saturated rings. The molecule has 1 aliphatic carbocycles. The molecule has 4 heterocycles. The molecule has 1 spiro atoms. The van der Waals surface area contributed by atoms with Crippen molar-refractivity contribution >= 4 is 29.6 Å². The molecule has 2 aromatic rings. The molecule has 5 rings (SSSR count). The number of carbonyl (C=O) groups excluding carboxylic acids is 2. The number of urea groups is 1. The van der Waals surface area contributed by atoms with Gasteiger partial charge in [-0.2, -0.15) is 5.26 Å². The highest BCUT2D eigenvalue weighted by molar-refractivity contribution is 6.01. The largest absolute Gasteiger partial charge is 0.383 e. The van der Waals surface area contributed by atoms with Crippen LogP contribution in [0.1, 0.15) is 46.4 Å². The second-order valence-corrected chi connectivity index (χ2v) is 9.72. The molecule has 3 N–H and O–H groups in total. The van der Waals surface area contributed by atoms with Crippen LogP contribution in [0.3, 0.4) is 0 Å². The fourth-order valence-corrected chi connectivity index (χ4v) is 5.01. The summed E-state index contributed by atoms with van der Waals surface area (Å²) in [7, 11) is 1.59. The lowest BCUT2D eigenvalue weighted by molar-refractivity contribution is -0.174. The molecular weight excluding hydrogens is 490 g/mol. The number of fused-ring (bicyclic) bond motifs is 1. The fourth-order valence-electron chi connectivity index (χ4n) is 5.01. The Morgan fingerprint density at radius 2 is 2.24 bits per heavy atom. The SMILES string of the molecule is COCCNc1cc(NC(=O)N2CCCc3cc(CN4CCOC5(CC5)C4O)c(C=O)nc32)ncc1C#N. The topological polar surface area (TPSA) is 153 Å². The van der Waals surface area contributed by atoms with Crippen LogP contribution in [0, 0.1) is 11.3 Å². The van der Waals surface area contributed by atoms with Gasteiger partial charge >= 0.3 is 6.03 Å². The molecule has 3 aliphatic rings. The molecule has 0 radical (unpaired) electrons. The van der Waals surface area contributed by atoms with Crippen molar-refractivity contribution in [3.05, 3.63) is 40.7 Å². The number of hydrogen-bond acceptors (Lipinski definition) is 10. The van der Waals surface area contributed by atoms with Crippen LogP contribution in [0.5, 0.6) is 0 Å². The van der Waals surface area contributed by atoms with Gasteiger partial charge < -0.3 is 19.9 Å². The number of amides is 2. The highest BCUT2D eigenvalue weighted by atomic mass is 16.5. The molecule has 0 aromatic carbocycles. The van der Waals surface area contributed by atoms with E-state index in [4.69, 9.17) is 9.47 Å². The molecule has 12 heteroatoms. The summed E-state index contributed by atoms with van der Waals surface area (Å²) in [5.74, 6) is 0.719. The number of aliphatic hydroxyl groups excluding tert-OH is 1. The fraction of sp³-hybridized carbons (Fsp3) is 0.500. The maximum absolute atomic E-state index is 13.3. The lowest BCUT2D eigenvalue weighted by Crippen LogP contribution is -2.52. The average molecular weight is 522 g/mol. The summed E-state index contributed by atoms with van der Waals surface area (Å²) in [6, 6.07) is 5.17. The van der Waals surface area contributed by atoms with Gasteiger partial charge in [-0.15, -0.1) is 0 Å². The van der Waals surface area contributed by atoms with E-state index in [1.54, 1.807) is 13.2 Å². The van der Waals surface area contributed by atoms with Crippen molar-refractivity contribution in [3.8, 4) is 6.07 Å². The van der Waals surface area contributed by atoms with E-state index in [-0.39, 0.29) is 11.5 Å². The molecule has 1 unspecified atom stereocenters. The number of morpholine rings is 1. The van der Waals surface area contributed by atoms with Crippen molar-refractivity contribution in [2.75, 3.05) is 55.5 Å². The first-order chi connectivity index (χ1) is 18.5. The molecule has 1 saturated heterocycles. The Kier molecular flexibility index (Phi) is 7.53. The third kappa shape index (κ3) is 5.19. The van der Waals surface area contributed by atoms with Crippen LogP contribution in [-0.2, 0) is 22.4 Å². The Bertz CT molecular complexity index is 1260. The van der Waals surface area contributed by atoms with Crippen LogP contribution in [0.4, 0.5) is 22.1 Å². The van der Waals surface area contributed by atoms with Gasteiger partial charge in [0.05, 0.1) is 24.5 Å². The van der Waals surface area contributed by atoms with Gasteiger partial charge in [0.15, 0.2) is 6.29 Å². The zero-order valence-corrected chi connectivity index (χ0v) is 21.3. The number of methoxy groups -OCH3 is 1. The van der Waals surface area contributed by atoms with Crippen molar-refractivity contribution in [1.29, 1.82) is 5.26 Å². The van der Waals surface area contributed by atoms with Crippen LogP contribution in [0.25, 0.3) is 0 Å². The van der Waals surface area contributed by atoms with Gasteiger partial charge in [0.2, 0.25) is 0 Å². The highest BCUT2D eigenvalue weighted by Crippen LogP contribution is 2.46. The Labute approximate surface area is 220 Å². The zero-order chi connectivity index (χ0) is 26.7. The molecule has 38 heavy (non-hydrogen) atoms. The number of ether oxygens (including phenoxy) is 2. The van der Waals surface area contributed by atoms with Crippen LogP contribution in [0.2, 0.25) is 0 Å². The molecule has 2 aliphatic heterocycles. The van der Waals surface area contributed by atoms with Gasteiger partial charge in [0, 0.05) is 45.6 Å². The Morgan fingerprint density at radius 3 is 2.97 bits per heavy atom. The Hall–Kier alpha value is -3.63. The Morgan fingerprint density at radius 1 is 1.39 bits per heavy atom. The minimum atomic E-state index is -0.720. The number of nitriles is 1. The summed E-state index contributed by atoms with van der Waals surface area (Å²) < 4.78 is 10.8. The first-order valence-electron chi connectivity index (χ1n) is 12.7. The standard InChI is InChI=1S/C26H31N7O5/c1-37-9-6-28-20-12-22(29-14-19(20)13-27)31-25(36)33-7-2-3-17-11-18(21(16-34)30-23(17)33)15-32-8-10-38-26(4-5-26)24(32)35/h11-12,14,16,24,35H,2-10,15H2,1H3,(H2,28,29,31,36). The lowest BCUT2D eigenvalue weighted by atomic mass is 10.0. The van der Waals surface area contributed by atoms with E-state index in [0.29, 0.717) is 62.7 Å². The second kappa shape index (κ2) is 11.0. The molecular formula is C26H31N7O5. The first kappa shape index (κ1) is 26.0. The van der Waals surface area contributed by atoms with Crippen molar-refractivity contribution in [2.24, 2.45) is 0 Å². The highest BCUT2D eigenvalue weighted by Gasteiger charge is 2.54. The predicted octanol–water partition coefficient (Wildman–Crippen LogP) is 1.89. The molecule has 1 saturated carbocycles. The number of aromatic nitrogens is 2.